The summed E-state index contributed by atoms with van der Waals surface area (Å²) in [6.45, 7) is 1.91. The van der Waals surface area contributed by atoms with Crippen LogP contribution in [0.4, 0.5) is 0 Å². The summed E-state index contributed by atoms with van der Waals surface area (Å²) in [5.74, 6) is 0.307. The van der Waals surface area contributed by atoms with Gasteiger partial charge in [0.15, 0.2) is 0 Å². The maximum absolute atomic E-state index is 12.5. The highest BCUT2D eigenvalue weighted by atomic mass is 16.2. The first kappa shape index (κ1) is 10.1. The van der Waals surface area contributed by atoms with Crippen molar-refractivity contribution >= 4 is 11.8 Å². The highest BCUT2D eigenvalue weighted by molar-refractivity contribution is 6.06. The van der Waals surface area contributed by atoms with E-state index in [1.54, 1.807) is 4.90 Å². The molecule has 4 heteroatoms. The summed E-state index contributed by atoms with van der Waals surface area (Å²) in [6.07, 6.45) is 1.82. The van der Waals surface area contributed by atoms with Gasteiger partial charge < -0.3 is 5.32 Å². The fourth-order valence-electron chi connectivity index (χ4n) is 3.34. The summed E-state index contributed by atoms with van der Waals surface area (Å²) in [7, 11) is 0. The fourth-order valence-corrected chi connectivity index (χ4v) is 3.34. The third-order valence-corrected chi connectivity index (χ3v) is 4.56. The third kappa shape index (κ3) is 0.975. The molecule has 3 aliphatic rings. The first-order chi connectivity index (χ1) is 8.64. The number of amides is 2. The summed E-state index contributed by atoms with van der Waals surface area (Å²) in [5, 5.41) is 2.98. The Bertz CT molecular complexity index is 579. The second-order valence-electron chi connectivity index (χ2n) is 5.56. The number of nitrogens with zero attached hydrogens (tertiary/aromatic N) is 1. The van der Waals surface area contributed by atoms with Gasteiger partial charge in [-0.2, -0.15) is 0 Å². The molecule has 4 rings (SSSR count). The Hall–Kier alpha value is -1.84. The summed E-state index contributed by atoms with van der Waals surface area (Å²) in [4.78, 5) is 26.5. The Morgan fingerprint density at radius 2 is 2.00 bits per heavy atom. The van der Waals surface area contributed by atoms with E-state index >= 15 is 0 Å². The van der Waals surface area contributed by atoms with Crippen molar-refractivity contribution in [2.24, 2.45) is 5.92 Å². The van der Waals surface area contributed by atoms with Gasteiger partial charge in [-0.25, -0.2) is 0 Å². The molecule has 2 heterocycles. The highest BCUT2D eigenvalue weighted by Crippen LogP contribution is 2.51. The first-order valence-electron chi connectivity index (χ1n) is 6.37. The molecule has 1 N–H and O–H groups in total. The average molecular weight is 242 g/mol. The van der Waals surface area contributed by atoms with Gasteiger partial charge in [0, 0.05) is 11.1 Å². The van der Waals surface area contributed by atoms with Crippen LogP contribution in [-0.2, 0) is 4.79 Å². The van der Waals surface area contributed by atoms with Crippen LogP contribution in [0.1, 0.15) is 41.9 Å². The van der Waals surface area contributed by atoms with E-state index < -0.39 is 5.54 Å². The van der Waals surface area contributed by atoms with Crippen LogP contribution in [0.2, 0.25) is 0 Å². The van der Waals surface area contributed by atoms with Gasteiger partial charge in [-0.3, -0.25) is 14.5 Å². The molecular weight excluding hydrogens is 228 g/mol. The Kier molecular flexibility index (Phi) is 1.65. The largest absolute Gasteiger partial charge is 0.330 e. The summed E-state index contributed by atoms with van der Waals surface area (Å²) in [5.41, 5.74) is 1.01. The van der Waals surface area contributed by atoms with Gasteiger partial charge in [-0.15, -0.1) is 0 Å². The minimum Gasteiger partial charge on any atom is -0.330 e. The van der Waals surface area contributed by atoms with Gasteiger partial charge in [0.05, 0.1) is 0 Å². The number of rotatable bonds is 1. The Morgan fingerprint density at radius 1 is 1.28 bits per heavy atom. The molecule has 0 aromatic heterocycles. The van der Waals surface area contributed by atoms with Crippen LogP contribution < -0.4 is 5.32 Å². The van der Waals surface area contributed by atoms with E-state index in [9.17, 15) is 9.59 Å². The molecule has 2 unspecified atom stereocenters. The molecule has 2 atom stereocenters. The quantitative estimate of drug-likeness (QED) is 0.810. The standard InChI is InChI=1S/C14H14N2O2/c1-14(8-6-7-8)13(18)15-11-9-4-2-3-5-10(9)12(17)16(11)14/h2-5,8,11H,6-7H2,1H3,(H,15,18). The molecule has 18 heavy (non-hydrogen) atoms. The normalized spacial score (nSPS) is 33.4. The molecule has 92 valence electrons. The van der Waals surface area contributed by atoms with Gasteiger partial charge in [0.1, 0.15) is 11.7 Å². The summed E-state index contributed by atoms with van der Waals surface area (Å²) in [6, 6.07) is 7.55. The molecule has 0 bridgehead atoms. The van der Waals surface area contributed by atoms with Crippen LogP contribution in [0.5, 0.6) is 0 Å². The monoisotopic (exact) mass is 242 g/mol. The zero-order valence-electron chi connectivity index (χ0n) is 10.1. The molecule has 1 aliphatic carbocycles. The maximum Gasteiger partial charge on any atom is 0.257 e. The predicted molar refractivity (Wildman–Crippen MR) is 64.6 cm³/mol. The Labute approximate surface area is 105 Å². The number of fused-ring (bicyclic) bond motifs is 3. The van der Waals surface area contributed by atoms with E-state index in [0.29, 0.717) is 5.92 Å². The van der Waals surface area contributed by atoms with E-state index in [4.69, 9.17) is 0 Å². The SMILES string of the molecule is CC1(C2CC2)C(=O)NC2c3ccccc3C(=O)N21. The average Bonchev–Trinajstić information content (AvgIpc) is 3.14. The molecule has 1 saturated heterocycles. The van der Waals surface area contributed by atoms with Crippen molar-refractivity contribution in [1.29, 1.82) is 0 Å². The van der Waals surface area contributed by atoms with Crippen molar-refractivity contribution in [3.05, 3.63) is 35.4 Å². The number of carbonyl (C=O) groups excluding carboxylic acids is 2. The number of hydrogen-bond donors (Lipinski definition) is 1. The lowest BCUT2D eigenvalue weighted by Gasteiger charge is -2.31. The van der Waals surface area contributed by atoms with Crippen molar-refractivity contribution in [2.45, 2.75) is 31.5 Å². The van der Waals surface area contributed by atoms with Crippen LogP contribution >= 0.6 is 0 Å². The lowest BCUT2D eigenvalue weighted by Crippen LogP contribution is -2.49. The van der Waals surface area contributed by atoms with E-state index in [1.165, 1.54) is 0 Å². The zero-order chi connectivity index (χ0) is 12.5. The predicted octanol–water partition coefficient (Wildman–Crippen LogP) is 1.44. The van der Waals surface area contributed by atoms with Crippen LogP contribution in [-0.4, -0.2) is 22.3 Å². The van der Waals surface area contributed by atoms with Crippen LogP contribution in [0.25, 0.3) is 0 Å². The van der Waals surface area contributed by atoms with Crippen molar-refractivity contribution in [2.75, 3.05) is 0 Å². The van der Waals surface area contributed by atoms with Gasteiger partial charge in [0.25, 0.3) is 5.91 Å². The number of benzene rings is 1. The lowest BCUT2D eigenvalue weighted by molar-refractivity contribution is -0.126. The summed E-state index contributed by atoms with van der Waals surface area (Å²) >= 11 is 0. The van der Waals surface area contributed by atoms with E-state index in [0.717, 1.165) is 24.0 Å². The van der Waals surface area contributed by atoms with Crippen LogP contribution in [0.15, 0.2) is 24.3 Å². The first-order valence-corrected chi connectivity index (χ1v) is 6.37. The third-order valence-electron chi connectivity index (χ3n) is 4.56. The van der Waals surface area contributed by atoms with E-state index in [-0.39, 0.29) is 18.0 Å². The van der Waals surface area contributed by atoms with Crippen molar-refractivity contribution < 1.29 is 9.59 Å². The van der Waals surface area contributed by atoms with Crippen LogP contribution in [0, 0.1) is 5.92 Å². The molecule has 4 nitrogen and oxygen atoms in total. The van der Waals surface area contributed by atoms with E-state index in [1.807, 2.05) is 31.2 Å². The zero-order valence-corrected chi connectivity index (χ0v) is 10.1. The van der Waals surface area contributed by atoms with E-state index in [2.05, 4.69) is 5.32 Å². The smallest absolute Gasteiger partial charge is 0.257 e. The van der Waals surface area contributed by atoms with Gasteiger partial charge in [0.2, 0.25) is 5.91 Å². The van der Waals surface area contributed by atoms with Gasteiger partial charge >= 0.3 is 0 Å². The molecule has 0 radical (unpaired) electrons. The molecule has 1 aromatic rings. The molecule has 2 amide bonds. The Balaban J connectivity index is 1.88. The maximum atomic E-state index is 12.5. The minimum absolute atomic E-state index is 0.00199. The van der Waals surface area contributed by atoms with Gasteiger partial charge in [-0.05, 0) is 31.7 Å². The molecule has 2 fully saturated rings. The molecule has 0 spiro atoms. The number of carbonyl (C=O) groups is 2. The van der Waals surface area contributed by atoms with Gasteiger partial charge in [-0.1, -0.05) is 18.2 Å². The molecule has 1 saturated carbocycles. The van der Waals surface area contributed by atoms with Crippen LogP contribution in [0.3, 0.4) is 0 Å². The number of hydrogen-bond acceptors (Lipinski definition) is 2. The molecule has 1 aromatic carbocycles. The van der Waals surface area contributed by atoms with Crippen molar-refractivity contribution in [3.63, 3.8) is 0 Å². The topological polar surface area (TPSA) is 49.4 Å². The Morgan fingerprint density at radius 3 is 2.72 bits per heavy atom. The van der Waals surface area contributed by atoms with Crippen molar-refractivity contribution in [1.82, 2.24) is 10.2 Å². The molecular formula is C14H14N2O2. The van der Waals surface area contributed by atoms with Crippen molar-refractivity contribution in [3.8, 4) is 0 Å². The highest BCUT2D eigenvalue weighted by Gasteiger charge is 2.62. The number of nitrogens with one attached hydrogen (secondary N) is 1. The lowest BCUT2D eigenvalue weighted by atomic mass is 9.94. The minimum atomic E-state index is -0.652. The second kappa shape index (κ2) is 2.94. The second-order valence-corrected chi connectivity index (χ2v) is 5.56. The fraction of sp³-hybridized carbons (Fsp3) is 0.429. The summed E-state index contributed by atoms with van der Waals surface area (Å²) < 4.78 is 0. The molecule has 2 aliphatic heterocycles.